The molecule has 0 unspecified atom stereocenters. The second-order valence-corrected chi connectivity index (χ2v) is 6.38. The number of nitrogens with zero attached hydrogens (tertiary/aromatic N) is 2. The first kappa shape index (κ1) is 17.9. The van der Waals surface area contributed by atoms with Gasteiger partial charge in [0.2, 0.25) is 0 Å². The Morgan fingerprint density at radius 3 is 2.74 bits per heavy atom. The second kappa shape index (κ2) is 9.01. The molecular weight excluding hydrogens is 292 g/mol. The van der Waals surface area contributed by atoms with Gasteiger partial charge in [-0.15, -0.1) is 0 Å². The lowest BCUT2D eigenvalue weighted by Gasteiger charge is -2.32. The summed E-state index contributed by atoms with van der Waals surface area (Å²) >= 11 is 0. The fourth-order valence-electron chi connectivity index (χ4n) is 2.89. The van der Waals surface area contributed by atoms with E-state index in [2.05, 4.69) is 11.0 Å². The Kier molecular flexibility index (Phi) is 7.02. The van der Waals surface area contributed by atoms with Crippen molar-refractivity contribution in [3.05, 3.63) is 35.4 Å². The lowest BCUT2D eigenvalue weighted by atomic mass is 10.0. The highest BCUT2D eigenvalue weighted by Crippen LogP contribution is 2.17. The summed E-state index contributed by atoms with van der Waals surface area (Å²) in [7, 11) is 4.05. The molecule has 0 aliphatic carbocycles. The molecule has 0 saturated carbocycles. The normalized spacial score (nSPS) is 16.1. The predicted molar refractivity (Wildman–Crippen MR) is 90.4 cm³/mol. The number of ether oxygens (including phenoxy) is 1. The lowest BCUT2D eigenvalue weighted by molar-refractivity contribution is 0.00397. The summed E-state index contributed by atoms with van der Waals surface area (Å²) in [6.45, 7) is 3.07. The fraction of sp³-hybridized carbons (Fsp3) is 0.611. The maximum absolute atomic E-state index is 12.6. The zero-order valence-corrected chi connectivity index (χ0v) is 14.2. The first-order valence-electron chi connectivity index (χ1n) is 8.35. The van der Waals surface area contributed by atoms with Gasteiger partial charge in [-0.25, -0.2) is 0 Å². The molecule has 0 atom stereocenters. The Morgan fingerprint density at radius 2 is 2.09 bits per heavy atom. The third kappa shape index (κ3) is 5.61. The Hall–Kier alpha value is -1.43. The minimum Gasteiger partial charge on any atom is -0.396 e. The van der Waals surface area contributed by atoms with Gasteiger partial charge < -0.3 is 19.6 Å². The average molecular weight is 320 g/mol. The van der Waals surface area contributed by atoms with E-state index in [0.717, 1.165) is 43.6 Å². The van der Waals surface area contributed by atoms with Crippen molar-refractivity contribution in [1.29, 1.82) is 0 Å². The number of carbonyl (C=O) groups is 1. The van der Waals surface area contributed by atoms with Crippen LogP contribution in [0, 0.1) is 0 Å². The van der Waals surface area contributed by atoms with Crippen LogP contribution in [0.25, 0.3) is 0 Å². The standard InChI is InChI=1S/C18H28N2O3/c1-19(2)14-15-5-3-6-16(13-15)18(22)20-9-7-17(8-10-20)23-12-4-11-21/h3,5-6,13,17,21H,4,7-12,14H2,1-2H3. The van der Waals surface area contributed by atoms with Crippen LogP contribution in [-0.4, -0.2) is 67.3 Å². The van der Waals surface area contributed by atoms with Gasteiger partial charge in [0.15, 0.2) is 0 Å². The SMILES string of the molecule is CN(C)Cc1cccc(C(=O)N2CCC(OCCCO)CC2)c1. The third-order valence-electron chi connectivity index (χ3n) is 4.06. The maximum atomic E-state index is 12.6. The number of piperidine rings is 1. The van der Waals surface area contributed by atoms with E-state index in [1.807, 2.05) is 37.2 Å². The van der Waals surface area contributed by atoms with Crippen LogP contribution in [0.2, 0.25) is 0 Å². The van der Waals surface area contributed by atoms with Crippen LogP contribution in [0.15, 0.2) is 24.3 Å². The molecule has 0 radical (unpaired) electrons. The summed E-state index contributed by atoms with van der Waals surface area (Å²) < 4.78 is 5.72. The highest BCUT2D eigenvalue weighted by Gasteiger charge is 2.24. The van der Waals surface area contributed by atoms with Crippen molar-refractivity contribution in [2.75, 3.05) is 40.4 Å². The van der Waals surface area contributed by atoms with Crippen molar-refractivity contribution in [2.24, 2.45) is 0 Å². The molecule has 128 valence electrons. The summed E-state index contributed by atoms with van der Waals surface area (Å²) in [5.41, 5.74) is 1.92. The van der Waals surface area contributed by atoms with Gasteiger partial charge in [-0.3, -0.25) is 4.79 Å². The first-order chi connectivity index (χ1) is 11.1. The molecule has 1 fully saturated rings. The monoisotopic (exact) mass is 320 g/mol. The van der Waals surface area contributed by atoms with Crippen molar-refractivity contribution in [3.63, 3.8) is 0 Å². The van der Waals surface area contributed by atoms with Gasteiger partial charge in [0, 0.05) is 38.4 Å². The second-order valence-electron chi connectivity index (χ2n) is 6.38. The fourth-order valence-corrected chi connectivity index (χ4v) is 2.89. The molecule has 5 heteroatoms. The number of likely N-dealkylation sites (tertiary alicyclic amines) is 1. The Bertz CT molecular complexity index is 497. The molecule has 1 saturated heterocycles. The van der Waals surface area contributed by atoms with Crippen LogP contribution in [0.3, 0.4) is 0 Å². The quantitative estimate of drug-likeness (QED) is 0.778. The molecule has 1 N–H and O–H groups in total. The van der Waals surface area contributed by atoms with Gasteiger partial charge in [0.05, 0.1) is 6.10 Å². The largest absolute Gasteiger partial charge is 0.396 e. The van der Waals surface area contributed by atoms with Crippen LogP contribution in [-0.2, 0) is 11.3 Å². The average Bonchev–Trinajstić information content (AvgIpc) is 2.55. The smallest absolute Gasteiger partial charge is 0.253 e. The van der Waals surface area contributed by atoms with E-state index in [1.54, 1.807) is 0 Å². The van der Waals surface area contributed by atoms with Gasteiger partial charge in [-0.05, 0) is 51.1 Å². The number of rotatable bonds is 7. The van der Waals surface area contributed by atoms with Gasteiger partial charge in [-0.1, -0.05) is 12.1 Å². The number of benzene rings is 1. The van der Waals surface area contributed by atoms with E-state index in [1.165, 1.54) is 0 Å². The molecule has 5 nitrogen and oxygen atoms in total. The molecule has 2 rings (SSSR count). The predicted octanol–water partition coefficient (Wildman–Crippen LogP) is 1.75. The minimum absolute atomic E-state index is 0.111. The van der Waals surface area contributed by atoms with Crippen molar-refractivity contribution >= 4 is 5.91 Å². The Morgan fingerprint density at radius 1 is 1.35 bits per heavy atom. The van der Waals surface area contributed by atoms with Crippen molar-refractivity contribution in [3.8, 4) is 0 Å². The number of hydrogen-bond acceptors (Lipinski definition) is 4. The first-order valence-corrected chi connectivity index (χ1v) is 8.35. The van der Waals surface area contributed by atoms with E-state index in [4.69, 9.17) is 9.84 Å². The molecule has 1 aliphatic heterocycles. The van der Waals surface area contributed by atoms with Crippen molar-refractivity contribution in [1.82, 2.24) is 9.80 Å². The molecule has 1 aromatic rings. The summed E-state index contributed by atoms with van der Waals surface area (Å²) in [6, 6.07) is 7.90. The molecule has 1 amide bonds. The van der Waals surface area contributed by atoms with Gasteiger partial charge in [0.25, 0.3) is 5.91 Å². The van der Waals surface area contributed by atoms with E-state index in [-0.39, 0.29) is 18.6 Å². The topological polar surface area (TPSA) is 53.0 Å². The van der Waals surface area contributed by atoms with Crippen LogP contribution >= 0.6 is 0 Å². The van der Waals surface area contributed by atoms with E-state index in [0.29, 0.717) is 13.0 Å². The summed E-state index contributed by atoms with van der Waals surface area (Å²) in [5.74, 6) is 0.111. The molecule has 0 spiro atoms. The summed E-state index contributed by atoms with van der Waals surface area (Å²) in [6.07, 6.45) is 2.63. The van der Waals surface area contributed by atoms with Crippen LogP contribution in [0.5, 0.6) is 0 Å². The van der Waals surface area contributed by atoms with Crippen LogP contribution < -0.4 is 0 Å². The van der Waals surface area contributed by atoms with Crippen LogP contribution in [0.1, 0.15) is 35.2 Å². The highest BCUT2D eigenvalue weighted by atomic mass is 16.5. The van der Waals surface area contributed by atoms with Crippen LogP contribution in [0.4, 0.5) is 0 Å². The van der Waals surface area contributed by atoms with Crippen molar-refractivity contribution in [2.45, 2.75) is 31.9 Å². The van der Waals surface area contributed by atoms with Crippen molar-refractivity contribution < 1.29 is 14.6 Å². The maximum Gasteiger partial charge on any atom is 0.253 e. The third-order valence-corrected chi connectivity index (χ3v) is 4.06. The minimum atomic E-state index is 0.111. The summed E-state index contributed by atoms with van der Waals surface area (Å²) in [4.78, 5) is 16.7. The Labute approximate surface area is 138 Å². The van der Waals surface area contributed by atoms with Gasteiger partial charge in [0.1, 0.15) is 0 Å². The molecule has 1 aliphatic rings. The number of aliphatic hydroxyl groups is 1. The number of aliphatic hydroxyl groups excluding tert-OH is 1. The number of carbonyl (C=O) groups excluding carboxylic acids is 1. The van der Waals surface area contributed by atoms with E-state index < -0.39 is 0 Å². The number of hydrogen-bond donors (Lipinski definition) is 1. The molecule has 23 heavy (non-hydrogen) atoms. The lowest BCUT2D eigenvalue weighted by Crippen LogP contribution is -2.41. The molecule has 1 aromatic carbocycles. The highest BCUT2D eigenvalue weighted by molar-refractivity contribution is 5.94. The summed E-state index contributed by atoms with van der Waals surface area (Å²) in [5, 5.41) is 8.78. The number of amides is 1. The molecule has 0 aromatic heterocycles. The van der Waals surface area contributed by atoms with E-state index in [9.17, 15) is 4.79 Å². The molecular formula is C18H28N2O3. The van der Waals surface area contributed by atoms with Gasteiger partial charge >= 0.3 is 0 Å². The zero-order valence-electron chi connectivity index (χ0n) is 14.2. The van der Waals surface area contributed by atoms with E-state index >= 15 is 0 Å². The van der Waals surface area contributed by atoms with Gasteiger partial charge in [-0.2, -0.15) is 0 Å². The zero-order chi connectivity index (χ0) is 16.7. The Balaban J connectivity index is 1.87. The molecule has 1 heterocycles. The molecule has 0 bridgehead atoms.